The molecule has 1 aliphatic rings. The maximum Gasteiger partial charge on any atom is 0.227 e. The first-order valence-corrected chi connectivity index (χ1v) is 16.4. The molecule has 1 N–H and O–H groups in total. The average Bonchev–Trinajstić information content (AvgIpc) is 2.98. The van der Waals surface area contributed by atoms with Gasteiger partial charge in [-0.25, -0.2) is 13.4 Å². The quantitative estimate of drug-likeness (QED) is 0.327. The number of piperidine rings is 1. The van der Waals surface area contributed by atoms with Crippen LogP contribution in [0.1, 0.15) is 44.2 Å². The summed E-state index contributed by atoms with van der Waals surface area (Å²) >= 11 is 0. The number of hydrazine groups is 1. The Morgan fingerprint density at radius 2 is 1.52 bits per heavy atom. The van der Waals surface area contributed by atoms with E-state index in [2.05, 4.69) is 10.0 Å². The molecule has 1 heterocycles. The van der Waals surface area contributed by atoms with Gasteiger partial charge in [0, 0.05) is 38.4 Å². The van der Waals surface area contributed by atoms with E-state index in [1.807, 2.05) is 61.2 Å². The zero-order chi connectivity index (χ0) is 30.3. The first-order chi connectivity index (χ1) is 20.1. The first kappa shape index (κ1) is 31.3. The number of anilines is 1. The number of aryl methyl sites for hydroxylation is 1. The fourth-order valence-electron chi connectivity index (χ4n) is 5.64. The summed E-state index contributed by atoms with van der Waals surface area (Å²) in [5.41, 5.74) is 2.76. The van der Waals surface area contributed by atoms with Gasteiger partial charge in [0.1, 0.15) is 11.8 Å². The molecule has 1 fully saturated rings. The van der Waals surface area contributed by atoms with E-state index in [9.17, 15) is 23.1 Å². The maximum absolute atomic E-state index is 13.4. The minimum absolute atomic E-state index is 0.0285. The Balaban J connectivity index is 1.40. The van der Waals surface area contributed by atoms with Crippen LogP contribution < -0.4 is 5.01 Å². The molecular formula is C33H41N3O5S. The van der Waals surface area contributed by atoms with E-state index < -0.39 is 9.84 Å². The number of Topliss-reactive ketones (excluding diaryl/α,β-unsaturated/α-hetero) is 1. The molecule has 8 nitrogen and oxygen atoms in total. The Morgan fingerprint density at radius 3 is 2.10 bits per heavy atom. The number of nitrogens with zero attached hydrogens (tertiary/aromatic N) is 3. The molecule has 1 saturated heterocycles. The van der Waals surface area contributed by atoms with Crippen LogP contribution in [0.5, 0.6) is 5.75 Å². The van der Waals surface area contributed by atoms with Crippen LogP contribution in [0.25, 0.3) is 0 Å². The number of hydrogen-bond donors (Lipinski definition) is 1. The molecule has 3 aromatic carbocycles. The molecule has 0 spiro atoms. The number of ketones is 1. The summed E-state index contributed by atoms with van der Waals surface area (Å²) in [6.45, 7) is 5.96. The molecule has 42 heavy (non-hydrogen) atoms. The van der Waals surface area contributed by atoms with Gasteiger partial charge in [-0.2, -0.15) is 0 Å². The van der Waals surface area contributed by atoms with Crippen molar-refractivity contribution < 1.29 is 23.1 Å². The highest BCUT2D eigenvalue weighted by atomic mass is 32.2. The van der Waals surface area contributed by atoms with Crippen molar-refractivity contribution in [3.05, 3.63) is 90.0 Å². The molecule has 224 valence electrons. The summed E-state index contributed by atoms with van der Waals surface area (Å²) in [6, 6.07) is 23.2. The van der Waals surface area contributed by atoms with Crippen LogP contribution in [0.2, 0.25) is 0 Å². The second-order valence-electron chi connectivity index (χ2n) is 10.9. The maximum atomic E-state index is 13.4. The molecule has 0 aliphatic carbocycles. The van der Waals surface area contributed by atoms with Crippen LogP contribution in [0, 0.1) is 0 Å². The summed E-state index contributed by atoms with van der Waals surface area (Å²) in [4.78, 5) is 28.9. The fourth-order valence-corrected chi connectivity index (χ4v) is 6.27. The molecule has 1 aliphatic heterocycles. The van der Waals surface area contributed by atoms with Crippen molar-refractivity contribution in [2.45, 2.75) is 62.9 Å². The van der Waals surface area contributed by atoms with Gasteiger partial charge in [-0.1, -0.05) is 42.5 Å². The Morgan fingerprint density at radius 1 is 0.929 bits per heavy atom. The molecule has 3 aromatic rings. The van der Waals surface area contributed by atoms with Crippen molar-refractivity contribution in [2.75, 3.05) is 30.9 Å². The lowest BCUT2D eigenvalue weighted by Crippen LogP contribution is -2.56. The first-order valence-electron chi connectivity index (χ1n) is 14.5. The SMILES string of the molecule is CCN(C(=O)Cc1ccc(S(C)(=O)=O)cc1)C1CCN(N(c2ccccc2)C(C)C(=O)CCc2ccc(O)cc2)CC1. The van der Waals surface area contributed by atoms with Gasteiger partial charge >= 0.3 is 0 Å². The number of phenolic OH excluding ortho intramolecular Hbond substituents is 1. The van der Waals surface area contributed by atoms with Crippen LogP contribution in [-0.4, -0.2) is 73.1 Å². The normalized spacial score (nSPS) is 15.2. The Bertz CT molecular complexity index is 1440. The number of carbonyl (C=O) groups is 2. The number of benzene rings is 3. The largest absolute Gasteiger partial charge is 0.508 e. The Labute approximate surface area is 249 Å². The number of rotatable bonds is 12. The van der Waals surface area contributed by atoms with Crippen molar-refractivity contribution in [1.82, 2.24) is 9.91 Å². The van der Waals surface area contributed by atoms with E-state index in [0.29, 0.717) is 32.5 Å². The minimum Gasteiger partial charge on any atom is -0.508 e. The van der Waals surface area contributed by atoms with Crippen molar-refractivity contribution in [1.29, 1.82) is 0 Å². The molecule has 0 aromatic heterocycles. The van der Waals surface area contributed by atoms with Gasteiger partial charge in [0.05, 0.1) is 17.0 Å². The predicted octanol–water partition coefficient (Wildman–Crippen LogP) is 4.66. The Hall–Kier alpha value is -3.69. The molecule has 9 heteroatoms. The van der Waals surface area contributed by atoms with E-state index in [0.717, 1.165) is 29.7 Å². The summed E-state index contributed by atoms with van der Waals surface area (Å²) < 4.78 is 23.5. The van der Waals surface area contributed by atoms with Crippen LogP contribution in [0.4, 0.5) is 5.69 Å². The van der Waals surface area contributed by atoms with Crippen molar-refractivity contribution >= 4 is 27.2 Å². The number of likely N-dealkylation sites (N-methyl/N-ethyl adjacent to an activating group) is 1. The minimum atomic E-state index is -3.28. The van der Waals surface area contributed by atoms with Gasteiger partial charge in [-0.05, 0) is 80.6 Å². The second kappa shape index (κ2) is 14.0. The molecule has 4 rings (SSSR count). The standard InChI is InChI=1S/C33H41N3O5S/c1-4-35(33(39)24-27-12-17-31(18-13-27)42(3,40)41)28-20-22-34(23-21-28)36(29-8-6-5-7-9-29)25(2)32(38)19-14-26-10-15-30(37)16-11-26/h5-13,15-18,25,28,37H,4,14,19-24H2,1-3H3. The summed E-state index contributed by atoms with van der Waals surface area (Å²) in [7, 11) is -3.28. The average molecular weight is 592 g/mol. The Kier molecular flexibility index (Phi) is 10.4. The van der Waals surface area contributed by atoms with Crippen molar-refractivity contribution in [3.63, 3.8) is 0 Å². The fraction of sp³-hybridized carbons (Fsp3) is 0.394. The molecule has 1 unspecified atom stereocenters. The third-order valence-electron chi connectivity index (χ3n) is 8.00. The highest BCUT2D eigenvalue weighted by Gasteiger charge is 2.33. The highest BCUT2D eigenvalue weighted by Crippen LogP contribution is 2.26. The van der Waals surface area contributed by atoms with E-state index in [1.165, 1.54) is 6.26 Å². The monoisotopic (exact) mass is 591 g/mol. The number of phenols is 1. The molecule has 0 radical (unpaired) electrons. The summed E-state index contributed by atoms with van der Waals surface area (Å²) in [6.07, 6.45) is 3.97. The van der Waals surface area contributed by atoms with Gasteiger partial charge in [0.15, 0.2) is 15.6 Å². The van der Waals surface area contributed by atoms with E-state index >= 15 is 0 Å². The van der Waals surface area contributed by atoms with Crippen LogP contribution >= 0.6 is 0 Å². The van der Waals surface area contributed by atoms with Crippen molar-refractivity contribution in [2.24, 2.45) is 0 Å². The molecule has 0 bridgehead atoms. The van der Waals surface area contributed by atoms with Gasteiger partial charge in [0.25, 0.3) is 0 Å². The topological polar surface area (TPSA) is 98.2 Å². The van der Waals surface area contributed by atoms with Gasteiger partial charge in [-0.3, -0.25) is 14.6 Å². The van der Waals surface area contributed by atoms with E-state index in [4.69, 9.17) is 0 Å². The van der Waals surface area contributed by atoms with Crippen LogP contribution in [0.15, 0.2) is 83.8 Å². The zero-order valence-electron chi connectivity index (χ0n) is 24.6. The lowest BCUT2D eigenvalue weighted by Gasteiger charge is -2.45. The molecule has 1 atom stereocenters. The summed E-state index contributed by atoms with van der Waals surface area (Å²) in [5, 5.41) is 13.9. The predicted molar refractivity (Wildman–Crippen MR) is 165 cm³/mol. The molecular weight excluding hydrogens is 550 g/mol. The molecule has 1 amide bonds. The van der Waals surface area contributed by atoms with E-state index in [1.54, 1.807) is 36.4 Å². The van der Waals surface area contributed by atoms with Crippen LogP contribution in [0.3, 0.4) is 0 Å². The smallest absolute Gasteiger partial charge is 0.227 e. The number of amides is 1. The second-order valence-corrected chi connectivity index (χ2v) is 13.0. The van der Waals surface area contributed by atoms with E-state index in [-0.39, 0.29) is 40.8 Å². The van der Waals surface area contributed by atoms with Gasteiger partial charge in [-0.15, -0.1) is 0 Å². The third-order valence-corrected chi connectivity index (χ3v) is 9.13. The van der Waals surface area contributed by atoms with Gasteiger partial charge in [0.2, 0.25) is 5.91 Å². The van der Waals surface area contributed by atoms with Crippen LogP contribution in [-0.2, 0) is 32.3 Å². The molecule has 0 saturated carbocycles. The number of carbonyl (C=O) groups excluding carboxylic acids is 2. The number of aromatic hydroxyl groups is 1. The van der Waals surface area contributed by atoms with Gasteiger partial charge < -0.3 is 10.0 Å². The number of sulfone groups is 1. The number of hydrogen-bond acceptors (Lipinski definition) is 7. The lowest BCUT2D eigenvalue weighted by atomic mass is 10.0. The highest BCUT2D eigenvalue weighted by molar-refractivity contribution is 7.90. The number of para-hydroxylation sites is 1. The third kappa shape index (κ3) is 7.98. The lowest BCUT2D eigenvalue weighted by molar-refractivity contribution is -0.133. The zero-order valence-corrected chi connectivity index (χ0v) is 25.5. The van der Waals surface area contributed by atoms with Crippen molar-refractivity contribution in [3.8, 4) is 5.75 Å². The summed E-state index contributed by atoms with van der Waals surface area (Å²) in [5.74, 6) is 0.380.